The SMILES string of the molecule is O=[SH](=O)Nc1ccc2nnn(O)c2c1. The fourth-order valence-corrected chi connectivity index (χ4v) is 1.43. The minimum atomic E-state index is -2.71. The van der Waals surface area contributed by atoms with Crippen LogP contribution in [-0.2, 0) is 10.9 Å². The molecule has 0 aliphatic heterocycles. The lowest BCUT2D eigenvalue weighted by atomic mass is 10.3. The zero-order chi connectivity index (χ0) is 10.1. The fourth-order valence-electron chi connectivity index (χ4n) is 1.08. The molecule has 1 aromatic heterocycles. The first kappa shape index (κ1) is 8.75. The summed E-state index contributed by atoms with van der Waals surface area (Å²) in [5.74, 6) is 0. The summed E-state index contributed by atoms with van der Waals surface area (Å²) in [6, 6.07) is 4.51. The largest absolute Gasteiger partial charge is 0.410 e. The van der Waals surface area contributed by atoms with Gasteiger partial charge in [0.15, 0.2) is 0 Å². The number of benzene rings is 1. The van der Waals surface area contributed by atoms with Gasteiger partial charge in [0.2, 0.25) is 10.9 Å². The van der Waals surface area contributed by atoms with Crippen molar-refractivity contribution in [3.8, 4) is 0 Å². The number of hydrogen-bond donors (Lipinski definition) is 3. The molecule has 2 rings (SSSR count). The highest BCUT2D eigenvalue weighted by molar-refractivity contribution is 7.73. The molecule has 1 heterocycles. The van der Waals surface area contributed by atoms with Crippen molar-refractivity contribution in [2.45, 2.75) is 0 Å². The number of thiol groups is 1. The van der Waals surface area contributed by atoms with Crippen molar-refractivity contribution >= 4 is 27.6 Å². The minimum Gasteiger partial charge on any atom is -0.410 e. The highest BCUT2D eigenvalue weighted by Crippen LogP contribution is 2.15. The summed E-state index contributed by atoms with van der Waals surface area (Å²) in [4.78, 5) is 0.582. The van der Waals surface area contributed by atoms with Crippen LogP contribution in [0.2, 0.25) is 0 Å². The smallest absolute Gasteiger partial charge is 0.222 e. The summed E-state index contributed by atoms with van der Waals surface area (Å²) in [5.41, 5.74) is 1.18. The molecule has 2 aromatic rings. The Morgan fingerprint density at radius 2 is 2.21 bits per heavy atom. The van der Waals surface area contributed by atoms with E-state index in [9.17, 15) is 8.42 Å². The lowest BCUT2D eigenvalue weighted by molar-refractivity contribution is 0.155. The third-order valence-corrected chi connectivity index (χ3v) is 2.09. The lowest BCUT2D eigenvalue weighted by Gasteiger charge is -1.97. The molecule has 0 radical (unpaired) electrons. The number of aromatic nitrogens is 3. The van der Waals surface area contributed by atoms with E-state index in [0.717, 1.165) is 0 Å². The first-order valence-electron chi connectivity index (χ1n) is 3.62. The van der Waals surface area contributed by atoms with Gasteiger partial charge in [0.05, 0.1) is 5.69 Å². The lowest BCUT2D eigenvalue weighted by Crippen LogP contribution is -1.96. The second-order valence-corrected chi connectivity index (χ2v) is 3.29. The van der Waals surface area contributed by atoms with Gasteiger partial charge in [0.1, 0.15) is 11.0 Å². The van der Waals surface area contributed by atoms with Crippen LogP contribution in [0.15, 0.2) is 18.2 Å². The molecule has 0 bridgehead atoms. The zero-order valence-corrected chi connectivity index (χ0v) is 7.68. The second-order valence-electron chi connectivity index (χ2n) is 2.55. The van der Waals surface area contributed by atoms with Crippen molar-refractivity contribution < 1.29 is 13.6 Å². The van der Waals surface area contributed by atoms with Gasteiger partial charge in [0, 0.05) is 0 Å². The van der Waals surface area contributed by atoms with E-state index in [2.05, 4.69) is 15.0 Å². The molecule has 14 heavy (non-hydrogen) atoms. The van der Waals surface area contributed by atoms with Gasteiger partial charge >= 0.3 is 0 Å². The number of hydrogen-bond acceptors (Lipinski definition) is 5. The van der Waals surface area contributed by atoms with Crippen LogP contribution in [0.4, 0.5) is 5.69 Å². The average molecular weight is 214 g/mol. The third-order valence-electron chi connectivity index (χ3n) is 1.65. The Kier molecular flexibility index (Phi) is 1.97. The highest BCUT2D eigenvalue weighted by atomic mass is 32.2. The number of fused-ring (bicyclic) bond motifs is 1. The van der Waals surface area contributed by atoms with Crippen LogP contribution >= 0.6 is 0 Å². The Balaban J connectivity index is 2.54. The molecule has 2 N–H and O–H groups in total. The first-order chi connectivity index (χ1) is 6.66. The van der Waals surface area contributed by atoms with Gasteiger partial charge in [-0.25, -0.2) is 8.42 Å². The van der Waals surface area contributed by atoms with Crippen molar-refractivity contribution in [2.75, 3.05) is 4.72 Å². The first-order valence-corrected chi connectivity index (χ1v) is 4.80. The van der Waals surface area contributed by atoms with Gasteiger partial charge < -0.3 is 5.21 Å². The van der Waals surface area contributed by atoms with Gasteiger partial charge in [-0.2, -0.15) is 0 Å². The standard InChI is InChI=1S/C6H6N4O3S/c11-10-6-3-4(8-14(12)13)1-2-5(6)7-9-10/h1-3,11,14H,(H,8,12,13). The number of nitrogens with zero attached hydrogens (tertiary/aromatic N) is 3. The van der Waals surface area contributed by atoms with E-state index in [4.69, 9.17) is 5.21 Å². The molecule has 0 fully saturated rings. The molecule has 0 amide bonds. The predicted octanol–water partition coefficient (Wildman–Crippen LogP) is -0.393. The molecule has 74 valence electrons. The topological polar surface area (TPSA) is 97.1 Å². The monoisotopic (exact) mass is 214 g/mol. The summed E-state index contributed by atoms with van der Waals surface area (Å²) in [7, 11) is -2.71. The van der Waals surface area contributed by atoms with Crippen LogP contribution in [0, 0.1) is 0 Å². The molecule has 8 heteroatoms. The molecule has 0 atom stereocenters. The van der Waals surface area contributed by atoms with E-state index in [1.54, 1.807) is 6.07 Å². The highest BCUT2D eigenvalue weighted by Gasteiger charge is 2.03. The molecule has 0 spiro atoms. The molecular weight excluding hydrogens is 208 g/mol. The van der Waals surface area contributed by atoms with Crippen LogP contribution < -0.4 is 4.72 Å². The van der Waals surface area contributed by atoms with Crippen LogP contribution in [-0.4, -0.2) is 28.8 Å². The third kappa shape index (κ3) is 1.46. The van der Waals surface area contributed by atoms with Crippen molar-refractivity contribution in [2.24, 2.45) is 0 Å². The normalized spacial score (nSPS) is 10.9. The maximum atomic E-state index is 10.4. The van der Waals surface area contributed by atoms with Gasteiger partial charge in [-0.1, -0.05) is 4.85 Å². The van der Waals surface area contributed by atoms with E-state index in [-0.39, 0.29) is 0 Å². The molecule has 0 aliphatic carbocycles. The van der Waals surface area contributed by atoms with Gasteiger partial charge in [-0.15, -0.1) is 5.10 Å². The molecule has 1 aromatic carbocycles. The van der Waals surface area contributed by atoms with Gasteiger partial charge in [-0.05, 0) is 23.4 Å². The predicted molar refractivity (Wildman–Crippen MR) is 48.7 cm³/mol. The van der Waals surface area contributed by atoms with E-state index in [1.807, 2.05) is 0 Å². The van der Waals surface area contributed by atoms with Gasteiger partial charge in [-0.3, -0.25) is 4.72 Å². The van der Waals surface area contributed by atoms with Gasteiger partial charge in [0.25, 0.3) is 0 Å². The quantitative estimate of drug-likeness (QED) is 0.467. The molecule has 0 saturated carbocycles. The summed E-state index contributed by atoms with van der Waals surface area (Å²) >= 11 is 0. The molecule has 0 saturated heterocycles. The Labute approximate surface area is 80.0 Å². The Morgan fingerprint density at radius 1 is 1.43 bits per heavy atom. The summed E-state index contributed by atoms with van der Waals surface area (Å²) in [6.45, 7) is 0. The average Bonchev–Trinajstić information content (AvgIpc) is 2.47. The van der Waals surface area contributed by atoms with Crippen LogP contribution in [0.1, 0.15) is 0 Å². The van der Waals surface area contributed by atoms with Crippen LogP contribution in [0.5, 0.6) is 0 Å². The number of nitrogens with one attached hydrogen (secondary N) is 1. The maximum Gasteiger partial charge on any atom is 0.222 e. The second kappa shape index (κ2) is 3.14. The van der Waals surface area contributed by atoms with Crippen LogP contribution in [0.3, 0.4) is 0 Å². The Morgan fingerprint density at radius 3 is 2.93 bits per heavy atom. The van der Waals surface area contributed by atoms with E-state index in [0.29, 0.717) is 21.6 Å². The van der Waals surface area contributed by atoms with E-state index >= 15 is 0 Å². The summed E-state index contributed by atoms with van der Waals surface area (Å²) in [6.07, 6.45) is 0. The van der Waals surface area contributed by atoms with Crippen molar-refractivity contribution in [1.82, 2.24) is 15.2 Å². The molecule has 0 unspecified atom stereocenters. The Hall–Kier alpha value is -1.83. The maximum absolute atomic E-state index is 10.4. The van der Waals surface area contributed by atoms with Crippen LogP contribution in [0.25, 0.3) is 11.0 Å². The van der Waals surface area contributed by atoms with E-state index < -0.39 is 10.9 Å². The van der Waals surface area contributed by atoms with Crippen molar-refractivity contribution in [1.29, 1.82) is 0 Å². The Bertz CT molecular complexity index is 539. The molecular formula is C6H6N4O3S. The summed E-state index contributed by atoms with van der Waals surface area (Å²) < 4.78 is 22.9. The van der Waals surface area contributed by atoms with E-state index in [1.165, 1.54) is 12.1 Å². The zero-order valence-electron chi connectivity index (χ0n) is 6.78. The minimum absolute atomic E-state index is 0.340. The number of anilines is 1. The summed E-state index contributed by atoms with van der Waals surface area (Å²) in [5, 5.41) is 16.1. The van der Waals surface area contributed by atoms with Crippen molar-refractivity contribution in [3.63, 3.8) is 0 Å². The number of rotatable bonds is 2. The van der Waals surface area contributed by atoms with Crippen molar-refractivity contribution in [3.05, 3.63) is 18.2 Å². The molecule has 7 nitrogen and oxygen atoms in total. The molecule has 0 aliphatic rings. The fraction of sp³-hybridized carbons (Fsp3) is 0.